The van der Waals surface area contributed by atoms with E-state index in [0.29, 0.717) is 48.6 Å². The molecule has 2 amide bonds. The van der Waals surface area contributed by atoms with Crippen LogP contribution in [0.25, 0.3) is 11.3 Å². The monoisotopic (exact) mass is 582 g/mol. The number of nitrogens with zero attached hydrogens (tertiary/aromatic N) is 4. The summed E-state index contributed by atoms with van der Waals surface area (Å²) >= 11 is 0. The minimum atomic E-state index is -1.41. The number of benzodiazepines with no additional fused rings is 1. The Hall–Kier alpha value is -4.77. The summed E-state index contributed by atoms with van der Waals surface area (Å²) in [6.45, 7) is 1.03. The van der Waals surface area contributed by atoms with Crippen LogP contribution in [0.5, 0.6) is 0 Å². The number of anilines is 1. The van der Waals surface area contributed by atoms with Crippen molar-refractivity contribution < 1.29 is 23.1 Å². The molecule has 1 saturated carbocycles. The molecule has 1 aliphatic carbocycles. The number of carbonyl (C=O) groups excluding carboxylic acids is 2. The molecule has 0 unspecified atom stereocenters. The molecule has 4 aromatic rings. The van der Waals surface area contributed by atoms with E-state index in [-0.39, 0.29) is 34.5 Å². The van der Waals surface area contributed by atoms with Crippen LogP contribution in [0.15, 0.2) is 71.9 Å². The summed E-state index contributed by atoms with van der Waals surface area (Å²) in [5.74, 6) is -2.45. The van der Waals surface area contributed by atoms with Crippen LogP contribution in [-0.2, 0) is 9.53 Å². The van der Waals surface area contributed by atoms with Gasteiger partial charge in [0, 0.05) is 36.0 Å². The molecule has 0 radical (unpaired) electrons. The van der Waals surface area contributed by atoms with E-state index in [4.69, 9.17) is 4.74 Å². The number of aliphatic imine (C=N–C) groups is 1. The largest absolute Gasteiger partial charge is 0.381 e. The molecule has 2 aliphatic heterocycles. The minimum Gasteiger partial charge on any atom is -0.381 e. The number of fused-ring (bicyclic) bond motifs is 1. The highest BCUT2D eigenvalue weighted by molar-refractivity contribution is 6.20. The van der Waals surface area contributed by atoms with E-state index in [1.54, 1.807) is 47.1 Å². The van der Waals surface area contributed by atoms with Gasteiger partial charge in [-0.2, -0.15) is 9.49 Å². The Kier molecular flexibility index (Phi) is 7.02. The summed E-state index contributed by atoms with van der Waals surface area (Å²) in [7, 11) is 0. The number of para-hydroxylation sites is 1. The second kappa shape index (κ2) is 11.1. The number of benzene rings is 2. The molecule has 2 aromatic carbocycles. The molecule has 2 N–H and O–H groups in total. The SMILES string of the molecule is O=C(N[C@H]1N=C(c2ccccc2)c2cccc(F)c2NC1=O)c1cnn(C2CCOCC2)c1-c1ccc(C2CC2)nc1F. The fourth-order valence-corrected chi connectivity index (χ4v) is 5.66. The van der Waals surface area contributed by atoms with Crippen LogP contribution in [0.1, 0.15) is 64.8 Å². The Balaban J connectivity index is 1.28. The molecule has 218 valence electrons. The molecule has 4 heterocycles. The van der Waals surface area contributed by atoms with E-state index in [1.165, 1.54) is 18.3 Å². The lowest BCUT2D eigenvalue weighted by Crippen LogP contribution is -2.42. The number of hydrogen-bond acceptors (Lipinski definition) is 6. The van der Waals surface area contributed by atoms with E-state index in [2.05, 4.69) is 25.7 Å². The number of rotatable bonds is 6. The first kappa shape index (κ1) is 27.1. The first-order valence-electron chi connectivity index (χ1n) is 14.3. The summed E-state index contributed by atoms with van der Waals surface area (Å²) in [5.41, 5.74) is 2.51. The Morgan fingerprint density at radius 1 is 0.953 bits per heavy atom. The van der Waals surface area contributed by atoms with Gasteiger partial charge in [0.25, 0.3) is 11.8 Å². The number of pyridine rings is 1. The average molecular weight is 583 g/mol. The number of carbonyl (C=O) groups is 2. The smallest absolute Gasteiger partial charge is 0.269 e. The average Bonchev–Trinajstić information content (AvgIpc) is 3.81. The molecule has 1 atom stereocenters. The van der Waals surface area contributed by atoms with Crippen LogP contribution < -0.4 is 10.6 Å². The maximum Gasteiger partial charge on any atom is 0.269 e. The van der Waals surface area contributed by atoms with E-state index >= 15 is 4.39 Å². The molecule has 1 saturated heterocycles. The van der Waals surface area contributed by atoms with Crippen molar-refractivity contribution in [3.05, 3.63) is 101 Å². The van der Waals surface area contributed by atoms with Crippen LogP contribution in [0.4, 0.5) is 14.5 Å². The second-order valence-corrected chi connectivity index (χ2v) is 10.9. The van der Waals surface area contributed by atoms with Crippen molar-refractivity contribution in [1.82, 2.24) is 20.1 Å². The summed E-state index contributed by atoms with van der Waals surface area (Å²) < 4.78 is 37.6. The fraction of sp³-hybridized carbons (Fsp3) is 0.281. The zero-order valence-corrected chi connectivity index (χ0v) is 23.1. The standard InChI is InChI=1S/C32H28F2N6O3/c33-24-8-4-7-21-26(19-5-2-1-3-6-19)37-30(32(42)38-27(21)24)39-31(41)23-17-35-40(20-13-15-43-16-14-20)28(23)22-11-12-25(18-9-10-18)36-29(22)34/h1-8,11-12,17-18,20,30H,9-10,13-16H2,(H,38,42)(H,39,41)/t30-/m1/s1. The topological polar surface area (TPSA) is 110 Å². The van der Waals surface area contributed by atoms with Gasteiger partial charge in [-0.3, -0.25) is 14.3 Å². The Morgan fingerprint density at radius 3 is 2.49 bits per heavy atom. The van der Waals surface area contributed by atoms with Crippen LogP contribution in [0.3, 0.4) is 0 Å². The van der Waals surface area contributed by atoms with Gasteiger partial charge < -0.3 is 15.4 Å². The van der Waals surface area contributed by atoms with Gasteiger partial charge in [0.2, 0.25) is 12.1 Å². The van der Waals surface area contributed by atoms with Crippen LogP contribution >= 0.6 is 0 Å². The zero-order valence-electron chi connectivity index (χ0n) is 23.1. The summed E-state index contributed by atoms with van der Waals surface area (Å²) in [4.78, 5) is 36.0. The number of aromatic nitrogens is 3. The maximum absolute atomic E-state index is 15.6. The van der Waals surface area contributed by atoms with Crippen molar-refractivity contribution in [3.63, 3.8) is 0 Å². The predicted octanol–water partition coefficient (Wildman–Crippen LogP) is 5.00. The molecule has 0 spiro atoms. The highest BCUT2D eigenvalue weighted by atomic mass is 19.1. The van der Waals surface area contributed by atoms with Gasteiger partial charge in [-0.05, 0) is 43.9 Å². The first-order valence-corrected chi connectivity index (χ1v) is 14.3. The van der Waals surface area contributed by atoms with Crippen molar-refractivity contribution in [3.8, 4) is 11.3 Å². The third kappa shape index (κ3) is 5.20. The quantitative estimate of drug-likeness (QED) is 0.311. The molecule has 43 heavy (non-hydrogen) atoms. The lowest BCUT2D eigenvalue weighted by atomic mass is 10.0. The molecule has 2 fully saturated rings. The van der Waals surface area contributed by atoms with Gasteiger partial charge in [0.15, 0.2) is 0 Å². The van der Waals surface area contributed by atoms with Crippen molar-refractivity contribution in [2.45, 2.75) is 43.8 Å². The van der Waals surface area contributed by atoms with Crippen LogP contribution in [-0.4, -0.2) is 51.7 Å². The zero-order chi connectivity index (χ0) is 29.5. The molecule has 9 nitrogen and oxygen atoms in total. The highest BCUT2D eigenvalue weighted by Gasteiger charge is 2.33. The van der Waals surface area contributed by atoms with Crippen molar-refractivity contribution in [2.75, 3.05) is 18.5 Å². The fourth-order valence-electron chi connectivity index (χ4n) is 5.66. The molecule has 11 heteroatoms. The van der Waals surface area contributed by atoms with E-state index in [1.807, 2.05) is 6.07 Å². The number of hydrogen-bond donors (Lipinski definition) is 2. The summed E-state index contributed by atoms with van der Waals surface area (Å²) in [6, 6.07) is 16.8. The van der Waals surface area contributed by atoms with Crippen molar-refractivity contribution in [2.24, 2.45) is 4.99 Å². The van der Waals surface area contributed by atoms with Crippen molar-refractivity contribution in [1.29, 1.82) is 0 Å². The van der Waals surface area contributed by atoms with Gasteiger partial charge in [-0.25, -0.2) is 14.4 Å². The van der Waals surface area contributed by atoms with Gasteiger partial charge in [0.05, 0.1) is 40.5 Å². The molecule has 0 bridgehead atoms. The number of ether oxygens (including phenoxy) is 1. The number of nitrogens with one attached hydrogen (secondary N) is 2. The second-order valence-electron chi connectivity index (χ2n) is 10.9. The third-order valence-electron chi connectivity index (χ3n) is 8.04. The summed E-state index contributed by atoms with van der Waals surface area (Å²) in [6.07, 6.45) is 3.20. The minimum absolute atomic E-state index is 0.0243. The maximum atomic E-state index is 15.6. The van der Waals surface area contributed by atoms with Crippen LogP contribution in [0.2, 0.25) is 0 Å². The lowest BCUT2D eigenvalue weighted by molar-refractivity contribution is -0.117. The number of amides is 2. The Bertz CT molecular complexity index is 1750. The van der Waals surface area contributed by atoms with Gasteiger partial charge in [0.1, 0.15) is 5.82 Å². The van der Waals surface area contributed by atoms with Crippen LogP contribution in [0, 0.1) is 11.8 Å². The van der Waals surface area contributed by atoms with E-state index in [9.17, 15) is 14.0 Å². The third-order valence-corrected chi connectivity index (χ3v) is 8.04. The molecule has 2 aromatic heterocycles. The van der Waals surface area contributed by atoms with Crippen molar-refractivity contribution >= 4 is 23.2 Å². The van der Waals surface area contributed by atoms with Gasteiger partial charge in [-0.15, -0.1) is 0 Å². The Morgan fingerprint density at radius 2 is 1.74 bits per heavy atom. The predicted molar refractivity (Wildman–Crippen MR) is 155 cm³/mol. The highest BCUT2D eigenvalue weighted by Crippen LogP contribution is 2.40. The first-order chi connectivity index (χ1) is 21.0. The summed E-state index contributed by atoms with van der Waals surface area (Å²) in [5, 5.41) is 9.77. The molecule has 3 aliphatic rings. The molecular formula is C32H28F2N6O3. The normalized spacial score (nSPS) is 18.8. The Labute approximate surface area is 246 Å². The van der Waals surface area contributed by atoms with Gasteiger partial charge in [-0.1, -0.05) is 42.5 Å². The van der Waals surface area contributed by atoms with Gasteiger partial charge >= 0.3 is 0 Å². The molecule has 7 rings (SSSR count). The van der Waals surface area contributed by atoms with E-state index in [0.717, 1.165) is 12.8 Å². The van der Waals surface area contributed by atoms with E-state index < -0.39 is 29.7 Å². The molecular weight excluding hydrogens is 554 g/mol. The number of halogens is 2. The lowest BCUT2D eigenvalue weighted by Gasteiger charge is -2.24.